The van der Waals surface area contributed by atoms with Gasteiger partial charge in [-0.1, -0.05) is 48.9 Å². The molecule has 1 saturated heterocycles. The number of para-hydroxylation sites is 1. The van der Waals surface area contributed by atoms with Gasteiger partial charge in [0.05, 0.1) is 22.9 Å². The van der Waals surface area contributed by atoms with E-state index in [2.05, 4.69) is 53.4 Å². The van der Waals surface area contributed by atoms with Crippen LogP contribution < -0.4 is 0 Å². The number of fused-ring (bicyclic) bond motifs is 1. The van der Waals surface area contributed by atoms with Crippen LogP contribution >= 0.6 is 23.6 Å². The maximum absolute atomic E-state index is 5.73. The fourth-order valence-corrected chi connectivity index (χ4v) is 5.54. The summed E-state index contributed by atoms with van der Waals surface area (Å²) in [6.45, 7) is 1.76. The zero-order valence-electron chi connectivity index (χ0n) is 17.1. The third-order valence-corrected chi connectivity index (χ3v) is 7.48. The lowest BCUT2D eigenvalue weighted by Gasteiger charge is -2.34. The van der Waals surface area contributed by atoms with E-state index in [1.165, 1.54) is 28.1 Å². The molecule has 0 bridgehead atoms. The molecule has 1 aliphatic heterocycles. The van der Waals surface area contributed by atoms with Crippen LogP contribution in [0.2, 0.25) is 0 Å². The summed E-state index contributed by atoms with van der Waals surface area (Å²) in [6.07, 6.45) is 4.37. The van der Waals surface area contributed by atoms with Gasteiger partial charge in [-0.2, -0.15) is 5.10 Å². The highest BCUT2D eigenvalue weighted by Crippen LogP contribution is 2.35. The minimum absolute atomic E-state index is 0.331. The quantitative estimate of drug-likeness (QED) is 0.397. The summed E-state index contributed by atoms with van der Waals surface area (Å²) in [5.41, 5.74) is 2.35. The predicted molar refractivity (Wildman–Crippen MR) is 124 cm³/mol. The van der Waals surface area contributed by atoms with Crippen LogP contribution in [0.5, 0.6) is 0 Å². The number of nitrogens with zero attached hydrogens (tertiary/aromatic N) is 5. The van der Waals surface area contributed by atoms with Gasteiger partial charge >= 0.3 is 0 Å². The summed E-state index contributed by atoms with van der Waals surface area (Å²) in [5.74, 6) is 1.000. The first kappa shape index (κ1) is 19.6. The van der Waals surface area contributed by atoms with Crippen LogP contribution in [0.3, 0.4) is 0 Å². The molecule has 0 saturated carbocycles. The summed E-state index contributed by atoms with van der Waals surface area (Å²) in [5, 5.41) is 6.10. The fraction of sp³-hybridized carbons (Fsp3) is 0.348. The summed E-state index contributed by atoms with van der Waals surface area (Å²) >= 11 is 7.55. The molecule has 154 valence electrons. The van der Waals surface area contributed by atoms with Gasteiger partial charge in [0.25, 0.3) is 0 Å². The number of piperidine rings is 1. The monoisotopic (exact) mass is 435 g/mol. The van der Waals surface area contributed by atoms with E-state index in [-0.39, 0.29) is 0 Å². The summed E-state index contributed by atoms with van der Waals surface area (Å²) in [7, 11) is 2.02. The summed E-state index contributed by atoms with van der Waals surface area (Å²) in [6, 6.07) is 19.2. The maximum Gasteiger partial charge on any atom is 0.198 e. The Balaban J connectivity index is 1.41. The van der Waals surface area contributed by atoms with E-state index in [0.717, 1.165) is 35.5 Å². The van der Waals surface area contributed by atoms with Gasteiger partial charge in [0.1, 0.15) is 10.8 Å². The van der Waals surface area contributed by atoms with Crippen molar-refractivity contribution in [2.45, 2.75) is 38.4 Å². The highest BCUT2D eigenvalue weighted by molar-refractivity contribution is 7.71. The van der Waals surface area contributed by atoms with Crippen LogP contribution in [0.4, 0.5) is 0 Å². The van der Waals surface area contributed by atoms with Gasteiger partial charge in [0.15, 0.2) is 4.77 Å². The number of aromatic nitrogens is 4. The van der Waals surface area contributed by atoms with Crippen molar-refractivity contribution in [2.75, 3.05) is 6.54 Å². The number of thiazole rings is 1. The zero-order chi connectivity index (χ0) is 20.5. The standard InChI is InChI=1S/C23H25N5S2/c1-26-21(15-17-9-3-2-4-10-17)25-28(23(26)29)16-27-14-8-7-12-19(27)22-24-18-11-5-6-13-20(18)30-22/h2-6,9-11,13,19H,7-8,12,14-16H2,1H3. The van der Waals surface area contributed by atoms with Gasteiger partial charge < -0.3 is 4.57 Å². The molecule has 0 aliphatic carbocycles. The second-order valence-corrected chi connectivity index (χ2v) is 9.33. The molecule has 1 unspecified atom stereocenters. The first-order chi connectivity index (χ1) is 14.7. The molecule has 1 fully saturated rings. The van der Waals surface area contributed by atoms with Gasteiger partial charge in [-0.3, -0.25) is 4.90 Å². The molecule has 4 aromatic rings. The van der Waals surface area contributed by atoms with E-state index in [4.69, 9.17) is 22.3 Å². The maximum atomic E-state index is 5.73. The van der Waals surface area contributed by atoms with Crippen LogP contribution in [0, 0.1) is 4.77 Å². The lowest BCUT2D eigenvalue weighted by atomic mass is 10.0. The fourth-order valence-electron chi connectivity index (χ4n) is 4.20. The van der Waals surface area contributed by atoms with Gasteiger partial charge in [0.2, 0.25) is 0 Å². The molecule has 2 aromatic carbocycles. The van der Waals surface area contributed by atoms with Gasteiger partial charge in [0, 0.05) is 20.0 Å². The van der Waals surface area contributed by atoms with Crippen molar-refractivity contribution >= 4 is 33.8 Å². The normalized spacial score (nSPS) is 17.6. The molecular weight excluding hydrogens is 410 g/mol. The van der Waals surface area contributed by atoms with Crippen molar-refractivity contribution in [3.05, 3.63) is 75.8 Å². The van der Waals surface area contributed by atoms with Crippen LogP contribution in [0.1, 0.15) is 41.7 Å². The van der Waals surface area contributed by atoms with E-state index in [9.17, 15) is 0 Å². The SMILES string of the molecule is Cn1c(Cc2ccccc2)nn(CN2CCCCC2c2nc3ccccc3s2)c1=S. The van der Waals surface area contributed by atoms with Crippen LogP contribution in [-0.2, 0) is 20.1 Å². The number of hydrogen-bond donors (Lipinski definition) is 0. The number of likely N-dealkylation sites (tertiary alicyclic amines) is 1. The topological polar surface area (TPSA) is 38.9 Å². The third kappa shape index (κ3) is 3.85. The minimum atomic E-state index is 0.331. The van der Waals surface area contributed by atoms with E-state index in [1.807, 2.05) is 33.7 Å². The van der Waals surface area contributed by atoms with Crippen molar-refractivity contribution in [1.82, 2.24) is 24.2 Å². The molecule has 7 heteroatoms. The average Bonchev–Trinajstić information content (AvgIpc) is 3.32. The van der Waals surface area contributed by atoms with Crippen LogP contribution in [0.15, 0.2) is 54.6 Å². The molecule has 1 atom stereocenters. The second kappa shape index (κ2) is 8.41. The van der Waals surface area contributed by atoms with Gasteiger partial charge in [-0.25, -0.2) is 9.67 Å². The Morgan fingerprint density at radius 3 is 2.70 bits per heavy atom. The zero-order valence-corrected chi connectivity index (χ0v) is 18.7. The molecule has 5 rings (SSSR count). The van der Waals surface area contributed by atoms with E-state index in [1.54, 1.807) is 0 Å². The molecule has 1 aliphatic rings. The number of benzene rings is 2. The third-order valence-electron chi connectivity index (χ3n) is 5.86. The number of hydrogen-bond acceptors (Lipinski definition) is 5. The molecule has 0 radical (unpaired) electrons. The van der Waals surface area contributed by atoms with Gasteiger partial charge in [-0.15, -0.1) is 11.3 Å². The van der Waals surface area contributed by atoms with E-state index >= 15 is 0 Å². The number of rotatable bonds is 5. The lowest BCUT2D eigenvalue weighted by molar-refractivity contribution is 0.103. The molecule has 0 N–H and O–H groups in total. The van der Waals surface area contributed by atoms with E-state index in [0.29, 0.717) is 12.7 Å². The second-order valence-electron chi connectivity index (χ2n) is 7.90. The Hall–Kier alpha value is -2.35. The highest BCUT2D eigenvalue weighted by Gasteiger charge is 2.27. The van der Waals surface area contributed by atoms with Crippen molar-refractivity contribution in [3.8, 4) is 0 Å². The largest absolute Gasteiger partial charge is 0.307 e. The molecule has 3 heterocycles. The van der Waals surface area contributed by atoms with Crippen molar-refractivity contribution < 1.29 is 0 Å². The molecular formula is C23H25N5S2. The summed E-state index contributed by atoms with van der Waals surface area (Å²) in [4.78, 5) is 7.44. The Bertz CT molecular complexity index is 1170. The minimum Gasteiger partial charge on any atom is -0.307 e. The molecule has 2 aromatic heterocycles. The van der Waals surface area contributed by atoms with Gasteiger partial charge in [-0.05, 0) is 42.8 Å². The van der Waals surface area contributed by atoms with Crippen molar-refractivity contribution in [2.24, 2.45) is 7.05 Å². The molecule has 0 amide bonds. The first-order valence-electron chi connectivity index (χ1n) is 10.5. The molecule has 0 spiro atoms. The Kier molecular flexibility index (Phi) is 5.50. The summed E-state index contributed by atoms with van der Waals surface area (Å²) < 4.78 is 6.06. The highest BCUT2D eigenvalue weighted by atomic mass is 32.1. The average molecular weight is 436 g/mol. The van der Waals surface area contributed by atoms with Crippen molar-refractivity contribution in [1.29, 1.82) is 0 Å². The predicted octanol–water partition coefficient (Wildman–Crippen LogP) is 5.34. The Morgan fingerprint density at radius 1 is 1.07 bits per heavy atom. The Labute approximate surface area is 185 Å². The van der Waals surface area contributed by atoms with Crippen LogP contribution in [0.25, 0.3) is 10.2 Å². The van der Waals surface area contributed by atoms with E-state index < -0.39 is 0 Å². The molecule has 5 nitrogen and oxygen atoms in total. The van der Waals surface area contributed by atoms with Crippen LogP contribution in [-0.4, -0.2) is 30.8 Å². The first-order valence-corrected chi connectivity index (χ1v) is 11.7. The molecule has 30 heavy (non-hydrogen) atoms. The smallest absolute Gasteiger partial charge is 0.198 e. The lowest BCUT2D eigenvalue weighted by Crippen LogP contribution is -2.35. The van der Waals surface area contributed by atoms with Crippen molar-refractivity contribution in [3.63, 3.8) is 0 Å². The Morgan fingerprint density at radius 2 is 1.87 bits per heavy atom.